The van der Waals surface area contributed by atoms with E-state index in [0.717, 1.165) is 10.6 Å². The highest BCUT2D eigenvalue weighted by atomic mass is 32.2. The molecular weight excluding hydrogens is 436 g/mol. The number of hydrogen-bond donors (Lipinski definition) is 4. The molecular formula is C17H16N4O7S2. The summed E-state index contributed by atoms with van der Waals surface area (Å²) in [7, 11) is -7.97. The highest BCUT2D eigenvalue weighted by Crippen LogP contribution is 2.21. The van der Waals surface area contributed by atoms with Gasteiger partial charge in [0, 0.05) is 6.42 Å². The Balaban J connectivity index is 2.11. The quantitative estimate of drug-likeness (QED) is 0.385. The molecule has 1 aromatic heterocycles. The molecule has 0 spiro atoms. The number of aromatic amines is 1. The lowest BCUT2D eigenvalue weighted by atomic mass is 10.1. The summed E-state index contributed by atoms with van der Waals surface area (Å²) in [5.41, 5.74) is -1.62. The average Bonchev–Trinajstić information content (AvgIpc) is 2.64. The molecule has 158 valence electrons. The molecule has 30 heavy (non-hydrogen) atoms. The summed E-state index contributed by atoms with van der Waals surface area (Å²) in [6, 6.07) is 10.2. The van der Waals surface area contributed by atoms with E-state index in [1.54, 1.807) is 0 Å². The maximum atomic E-state index is 12.3. The Morgan fingerprint density at radius 1 is 0.900 bits per heavy atom. The number of hydrogen-bond acceptors (Lipinski definition) is 7. The van der Waals surface area contributed by atoms with Crippen molar-refractivity contribution in [3.63, 3.8) is 0 Å². The van der Waals surface area contributed by atoms with E-state index in [1.807, 2.05) is 0 Å². The lowest BCUT2D eigenvalue weighted by molar-refractivity contribution is 0.424. The maximum Gasteiger partial charge on any atom is 0.335 e. The molecule has 13 heteroatoms. The Bertz CT molecular complexity index is 1460. The van der Waals surface area contributed by atoms with E-state index in [9.17, 15) is 31.5 Å². The highest BCUT2D eigenvalue weighted by Gasteiger charge is 2.18. The Hall–Kier alpha value is -3.26. The monoisotopic (exact) mass is 452 g/mol. The number of benzene rings is 2. The molecule has 3 aromatic rings. The second-order valence-electron chi connectivity index (χ2n) is 6.30. The normalized spacial score (nSPS) is 12.1. The van der Waals surface area contributed by atoms with Gasteiger partial charge in [0.25, 0.3) is 5.56 Å². The molecule has 6 N–H and O–H groups in total. The number of sulfonamides is 2. The summed E-state index contributed by atoms with van der Waals surface area (Å²) in [5, 5.41) is 20.7. The van der Waals surface area contributed by atoms with Gasteiger partial charge in [-0.25, -0.2) is 36.5 Å². The van der Waals surface area contributed by atoms with E-state index in [-0.39, 0.29) is 27.5 Å². The summed E-state index contributed by atoms with van der Waals surface area (Å²) in [5.74, 6) is -0.703. The van der Waals surface area contributed by atoms with Crippen molar-refractivity contribution < 1.29 is 21.9 Å². The zero-order valence-corrected chi connectivity index (χ0v) is 16.8. The fraction of sp³-hybridized carbons (Fsp3) is 0.0588. The third-order valence-corrected chi connectivity index (χ3v) is 6.06. The highest BCUT2D eigenvalue weighted by molar-refractivity contribution is 7.89. The van der Waals surface area contributed by atoms with Crippen LogP contribution in [0.1, 0.15) is 11.1 Å². The fourth-order valence-electron chi connectivity index (χ4n) is 2.76. The first kappa shape index (κ1) is 21.4. The fourth-order valence-corrected chi connectivity index (χ4v) is 3.83. The van der Waals surface area contributed by atoms with Crippen LogP contribution in [0.2, 0.25) is 0 Å². The molecule has 3 rings (SSSR count). The van der Waals surface area contributed by atoms with Crippen LogP contribution in [0.15, 0.2) is 67.9 Å². The van der Waals surface area contributed by atoms with Crippen molar-refractivity contribution in [3.05, 3.63) is 80.5 Å². The number of rotatable bonds is 5. The van der Waals surface area contributed by atoms with Crippen LogP contribution in [-0.4, -0.2) is 31.5 Å². The molecule has 0 atom stereocenters. The van der Waals surface area contributed by atoms with Gasteiger partial charge in [0.15, 0.2) is 0 Å². The van der Waals surface area contributed by atoms with Crippen molar-refractivity contribution in [3.8, 4) is 11.6 Å². The van der Waals surface area contributed by atoms with Gasteiger partial charge in [-0.05, 0) is 35.9 Å². The summed E-state index contributed by atoms with van der Waals surface area (Å²) >= 11 is 0. The zero-order valence-electron chi connectivity index (χ0n) is 15.1. The van der Waals surface area contributed by atoms with E-state index in [4.69, 9.17) is 10.3 Å². The molecule has 11 nitrogen and oxygen atoms in total. The SMILES string of the molecule is NS(=O)(=O)c1ccc(Cc2c(O)n(-c3cccc(S(N)(=O)=O)c3)c(=O)[nH]c2=O)cc1. The van der Waals surface area contributed by atoms with Gasteiger partial charge in [-0.15, -0.1) is 0 Å². The number of nitrogens with zero attached hydrogens (tertiary/aromatic N) is 1. The Morgan fingerprint density at radius 2 is 1.50 bits per heavy atom. The Labute approximate surface area is 170 Å². The van der Waals surface area contributed by atoms with E-state index >= 15 is 0 Å². The molecule has 1 heterocycles. The molecule has 0 unspecified atom stereocenters. The molecule has 2 aromatic carbocycles. The molecule has 0 aliphatic carbocycles. The lowest BCUT2D eigenvalue weighted by Crippen LogP contribution is -2.31. The van der Waals surface area contributed by atoms with E-state index in [2.05, 4.69) is 4.98 Å². The van der Waals surface area contributed by atoms with Crippen LogP contribution >= 0.6 is 0 Å². The van der Waals surface area contributed by atoms with Gasteiger partial charge in [-0.3, -0.25) is 9.78 Å². The first-order valence-corrected chi connectivity index (χ1v) is 11.3. The number of aromatic hydroxyl groups is 1. The first-order valence-electron chi connectivity index (χ1n) is 8.20. The molecule has 0 aliphatic heterocycles. The molecule has 0 saturated carbocycles. The maximum absolute atomic E-state index is 12.3. The predicted molar refractivity (Wildman–Crippen MR) is 106 cm³/mol. The van der Waals surface area contributed by atoms with Gasteiger partial charge in [0.05, 0.1) is 21.0 Å². The minimum atomic E-state index is -4.07. The van der Waals surface area contributed by atoms with Crippen LogP contribution in [0, 0.1) is 0 Å². The summed E-state index contributed by atoms with van der Waals surface area (Å²) in [4.78, 5) is 26.1. The van der Waals surface area contributed by atoms with Gasteiger partial charge < -0.3 is 5.11 Å². The van der Waals surface area contributed by atoms with Crippen molar-refractivity contribution in [2.45, 2.75) is 16.2 Å². The second-order valence-corrected chi connectivity index (χ2v) is 9.43. The van der Waals surface area contributed by atoms with Crippen molar-refractivity contribution in [1.29, 1.82) is 0 Å². The van der Waals surface area contributed by atoms with Crippen molar-refractivity contribution >= 4 is 20.0 Å². The van der Waals surface area contributed by atoms with Gasteiger partial charge in [-0.1, -0.05) is 18.2 Å². The van der Waals surface area contributed by atoms with Crippen LogP contribution in [0.3, 0.4) is 0 Å². The third-order valence-electron chi connectivity index (χ3n) is 4.22. The molecule has 0 fully saturated rings. The molecule has 0 bridgehead atoms. The lowest BCUT2D eigenvalue weighted by Gasteiger charge is -2.12. The van der Waals surface area contributed by atoms with Gasteiger partial charge in [0.2, 0.25) is 25.9 Å². The number of H-pyrrole nitrogens is 1. The largest absolute Gasteiger partial charge is 0.494 e. The van der Waals surface area contributed by atoms with E-state index in [0.29, 0.717) is 5.56 Å². The third kappa shape index (κ3) is 4.33. The molecule has 0 aliphatic rings. The molecule has 0 saturated heterocycles. The number of nitrogens with one attached hydrogen (secondary N) is 1. The molecule has 0 amide bonds. The van der Waals surface area contributed by atoms with Gasteiger partial charge in [0.1, 0.15) is 0 Å². The van der Waals surface area contributed by atoms with Crippen molar-refractivity contribution in [2.75, 3.05) is 0 Å². The summed E-state index contributed by atoms with van der Waals surface area (Å²) in [6.45, 7) is 0. The smallest absolute Gasteiger partial charge is 0.335 e. The van der Waals surface area contributed by atoms with E-state index in [1.165, 1.54) is 42.5 Å². The predicted octanol–water partition coefficient (Wildman–Crippen LogP) is -0.883. The number of primary sulfonamides is 2. The minimum absolute atomic E-state index is 0.0360. The Kier molecular flexibility index (Phi) is 5.38. The van der Waals surface area contributed by atoms with Crippen LogP contribution in [0.25, 0.3) is 5.69 Å². The minimum Gasteiger partial charge on any atom is -0.494 e. The Morgan fingerprint density at radius 3 is 2.07 bits per heavy atom. The summed E-state index contributed by atoms with van der Waals surface area (Å²) in [6.07, 6.45) is -0.152. The zero-order chi connectivity index (χ0) is 22.3. The van der Waals surface area contributed by atoms with Crippen LogP contribution in [-0.2, 0) is 26.5 Å². The summed E-state index contributed by atoms with van der Waals surface area (Å²) < 4.78 is 46.5. The van der Waals surface area contributed by atoms with Crippen LogP contribution in [0.5, 0.6) is 5.88 Å². The standard InChI is InChI=1S/C17H16N4O7S2/c18-29(25,26)12-6-4-10(5-7-12)8-14-15(22)20-17(24)21(16(14)23)11-2-1-3-13(9-11)30(19,27)28/h1-7,9,23H,8H2,(H2,18,25,26)(H2,19,27,28)(H,20,22,24). The topological polar surface area (TPSA) is 195 Å². The van der Waals surface area contributed by atoms with E-state index < -0.39 is 37.2 Å². The number of nitrogens with two attached hydrogens (primary N) is 2. The van der Waals surface area contributed by atoms with Crippen LogP contribution in [0.4, 0.5) is 0 Å². The first-order chi connectivity index (χ1) is 13.9. The van der Waals surface area contributed by atoms with Crippen molar-refractivity contribution in [2.24, 2.45) is 10.3 Å². The van der Waals surface area contributed by atoms with Gasteiger partial charge in [-0.2, -0.15) is 0 Å². The molecule has 0 radical (unpaired) electrons. The van der Waals surface area contributed by atoms with Crippen molar-refractivity contribution in [1.82, 2.24) is 9.55 Å². The van der Waals surface area contributed by atoms with Gasteiger partial charge >= 0.3 is 5.69 Å². The second kappa shape index (κ2) is 7.53. The number of aromatic nitrogens is 2. The average molecular weight is 452 g/mol. The van der Waals surface area contributed by atoms with Crippen LogP contribution < -0.4 is 21.5 Å².